The lowest BCUT2D eigenvalue weighted by molar-refractivity contribution is -0.130. The zero-order valence-electron chi connectivity index (χ0n) is 14.1. The van der Waals surface area contributed by atoms with Gasteiger partial charge in [-0.05, 0) is 19.9 Å². The van der Waals surface area contributed by atoms with Gasteiger partial charge >= 0.3 is 0 Å². The molecule has 2 aromatic rings. The zero-order chi connectivity index (χ0) is 17.6. The van der Waals surface area contributed by atoms with Crippen molar-refractivity contribution in [2.75, 3.05) is 24.5 Å². The smallest absolute Gasteiger partial charge is 0.232 e. The zero-order valence-corrected chi connectivity index (χ0v) is 14.1. The first kappa shape index (κ1) is 15.6. The molecule has 25 heavy (non-hydrogen) atoms. The van der Waals surface area contributed by atoms with Crippen molar-refractivity contribution in [3.05, 3.63) is 35.2 Å². The van der Waals surface area contributed by atoms with Crippen molar-refractivity contribution < 1.29 is 9.32 Å². The Hall–Kier alpha value is -2.95. The van der Waals surface area contributed by atoms with Gasteiger partial charge in [0.15, 0.2) is 5.82 Å². The Morgan fingerprint density at radius 2 is 2.12 bits per heavy atom. The number of likely N-dealkylation sites (tertiary alicyclic amines) is 1. The summed E-state index contributed by atoms with van der Waals surface area (Å²) >= 11 is 0. The van der Waals surface area contributed by atoms with Crippen LogP contribution in [-0.4, -0.2) is 51.6 Å². The summed E-state index contributed by atoms with van der Waals surface area (Å²) in [6.07, 6.45) is 2.02. The fourth-order valence-electron chi connectivity index (χ4n) is 3.47. The number of anilines is 1. The number of carbonyl (C=O) groups excluding carboxylic acids is 1. The Kier molecular flexibility index (Phi) is 3.64. The number of hydrogen-bond donors (Lipinski definition) is 0. The van der Waals surface area contributed by atoms with Gasteiger partial charge in [-0.25, -0.2) is 0 Å². The van der Waals surface area contributed by atoms with E-state index in [2.05, 4.69) is 26.1 Å². The molecule has 0 radical (unpaired) electrons. The van der Waals surface area contributed by atoms with Gasteiger partial charge in [-0.2, -0.15) is 10.2 Å². The second-order valence-corrected chi connectivity index (χ2v) is 6.64. The maximum absolute atomic E-state index is 12.4. The van der Waals surface area contributed by atoms with E-state index in [0.717, 1.165) is 24.5 Å². The minimum atomic E-state index is -0.0272. The van der Waals surface area contributed by atoms with Gasteiger partial charge in [-0.15, -0.1) is 0 Å². The van der Waals surface area contributed by atoms with Crippen molar-refractivity contribution in [2.24, 2.45) is 0 Å². The Morgan fingerprint density at radius 3 is 2.80 bits per heavy atom. The minimum Gasteiger partial charge on any atom is -0.366 e. The average Bonchev–Trinajstić information content (AvgIpc) is 3.13. The third kappa shape index (κ3) is 2.71. The fraction of sp³-hybridized carbons (Fsp3) is 0.471. The topological polar surface area (TPSA) is 99.2 Å². The normalized spacial score (nSPS) is 20.7. The van der Waals surface area contributed by atoms with Crippen LogP contribution in [0.4, 0.5) is 5.69 Å². The number of pyridine rings is 1. The van der Waals surface area contributed by atoms with Gasteiger partial charge in [-0.1, -0.05) is 5.16 Å². The molecule has 4 heterocycles. The molecule has 1 amide bonds. The van der Waals surface area contributed by atoms with Crippen LogP contribution in [0.25, 0.3) is 0 Å². The predicted octanol–water partition coefficient (Wildman–Crippen LogP) is 1.16. The number of rotatable bonds is 3. The van der Waals surface area contributed by atoms with Crippen molar-refractivity contribution in [2.45, 2.75) is 32.2 Å². The van der Waals surface area contributed by atoms with Crippen LogP contribution in [0.5, 0.6) is 0 Å². The van der Waals surface area contributed by atoms with Gasteiger partial charge in [0.2, 0.25) is 11.8 Å². The summed E-state index contributed by atoms with van der Waals surface area (Å²) in [5.74, 6) is 1.23. The molecule has 1 atom stereocenters. The molecule has 4 rings (SSSR count). The van der Waals surface area contributed by atoms with Crippen LogP contribution < -0.4 is 4.90 Å². The number of carbonyl (C=O) groups is 1. The molecule has 2 aliphatic heterocycles. The number of amides is 1. The molecule has 2 aliphatic rings. The van der Waals surface area contributed by atoms with Crippen molar-refractivity contribution in [1.82, 2.24) is 20.0 Å². The first-order valence-corrected chi connectivity index (χ1v) is 8.26. The van der Waals surface area contributed by atoms with Crippen LogP contribution in [0.3, 0.4) is 0 Å². The van der Waals surface area contributed by atoms with E-state index >= 15 is 0 Å². The van der Waals surface area contributed by atoms with Gasteiger partial charge in [0.05, 0.1) is 23.2 Å². The van der Waals surface area contributed by atoms with Gasteiger partial charge in [0.1, 0.15) is 6.07 Å². The average molecular weight is 338 g/mol. The lowest BCUT2D eigenvalue weighted by atomic mass is 10.0. The molecule has 0 spiro atoms. The number of nitriles is 1. The lowest BCUT2D eigenvalue weighted by Gasteiger charge is -2.45. The number of aromatic nitrogens is 3. The third-order valence-electron chi connectivity index (χ3n) is 4.83. The van der Waals surface area contributed by atoms with E-state index in [1.54, 1.807) is 13.1 Å². The largest absolute Gasteiger partial charge is 0.366 e. The SMILES string of the molecule is Cc1cc(N2CC(N3CC(c4nc(C)no4)CC3=O)C2)c(C#N)cn1. The van der Waals surface area contributed by atoms with Crippen molar-refractivity contribution in [3.63, 3.8) is 0 Å². The standard InChI is InChI=1S/C17H18N6O2/c1-10-3-15(13(5-18)6-19-10)22-8-14(9-22)23-7-12(4-16(23)24)17-20-11(2)21-25-17/h3,6,12,14H,4,7-9H2,1-2H3. The summed E-state index contributed by atoms with van der Waals surface area (Å²) in [4.78, 5) is 24.8. The molecule has 8 nitrogen and oxygen atoms in total. The summed E-state index contributed by atoms with van der Waals surface area (Å²) in [5, 5.41) is 13.1. The van der Waals surface area contributed by atoms with Crippen LogP contribution in [-0.2, 0) is 4.79 Å². The minimum absolute atomic E-state index is 0.0272. The summed E-state index contributed by atoms with van der Waals surface area (Å²) in [6.45, 7) is 5.73. The third-order valence-corrected chi connectivity index (χ3v) is 4.83. The van der Waals surface area contributed by atoms with Gasteiger partial charge in [0, 0.05) is 37.9 Å². The molecule has 0 aromatic carbocycles. The first-order chi connectivity index (χ1) is 12.0. The van der Waals surface area contributed by atoms with Crippen LogP contribution >= 0.6 is 0 Å². The van der Waals surface area contributed by atoms with Crippen molar-refractivity contribution >= 4 is 11.6 Å². The van der Waals surface area contributed by atoms with E-state index in [9.17, 15) is 10.1 Å². The van der Waals surface area contributed by atoms with E-state index in [1.165, 1.54) is 0 Å². The molecule has 2 saturated heterocycles. The summed E-state index contributed by atoms with van der Waals surface area (Å²) in [5.41, 5.74) is 2.33. The second kappa shape index (κ2) is 5.84. The monoisotopic (exact) mass is 338 g/mol. The molecule has 1 unspecified atom stereocenters. The Morgan fingerprint density at radius 1 is 1.32 bits per heavy atom. The molecule has 0 N–H and O–H groups in total. The highest BCUT2D eigenvalue weighted by molar-refractivity contribution is 5.80. The number of hydrogen-bond acceptors (Lipinski definition) is 7. The first-order valence-electron chi connectivity index (χ1n) is 8.26. The molecule has 128 valence electrons. The maximum Gasteiger partial charge on any atom is 0.232 e. The second-order valence-electron chi connectivity index (χ2n) is 6.64. The maximum atomic E-state index is 12.4. The highest BCUT2D eigenvalue weighted by atomic mass is 16.5. The van der Waals surface area contributed by atoms with E-state index in [4.69, 9.17) is 4.52 Å². The summed E-state index contributed by atoms with van der Waals surface area (Å²) < 4.78 is 5.22. The van der Waals surface area contributed by atoms with E-state index in [0.29, 0.717) is 30.2 Å². The fourth-order valence-corrected chi connectivity index (χ4v) is 3.47. The predicted molar refractivity (Wildman–Crippen MR) is 87.8 cm³/mol. The molecule has 0 aliphatic carbocycles. The highest BCUT2D eigenvalue weighted by Gasteiger charge is 2.42. The van der Waals surface area contributed by atoms with Gasteiger partial charge < -0.3 is 14.3 Å². The van der Waals surface area contributed by atoms with Gasteiger partial charge in [-0.3, -0.25) is 9.78 Å². The quantitative estimate of drug-likeness (QED) is 0.828. The van der Waals surface area contributed by atoms with E-state index < -0.39 is 0 Å². The summed E-state index contributed by atoms with van der Waals surface area (Å²) in [6, 6.07) is 4.26. The molecule has 0 saturated carbocycles. The van der Waals surface area contributed by atoms with Crippen LogP contribution in [0.15, 0.2) is 16.8 Å². The number of nitrogens with zero attached hydrogens (tertiary/aromatic N) is 6. The van der Waals surface area contributed by atoms with Crippen LogP contribution in [0.1, 0.15) is 35.3 Å². The highest BCUT2D eigenvalue weighted by Crippen LogP contribution is 2.33. The number of aryl methyl sites for hydroxylation is 2. The Bertz CT molecular complexity index is 864. The molecular weight excluding hydrogens is 320 g/mol. The van der Waals surface area contributed by atoms with Crippen molar-refractivity contribution in [1.29, 1.82) is 5.26 Å². The molecule has 2 aromatic heterocycles. The molecular formula is C17H18N6O2. The summed E-state index contributed by atoms with van der Waals surface area (Å²) in [7, 11) is 0. The van der Waals surface area contributed by atoms with Crippen molar-refractivity contribution in [3.8, 4) is 6.07 Å². The molecule has 0 bridgehead atoms. The van der Waals surface area contributed by atoms with E-state index in [-0.39, 0.29) is 17.9 Å². The molecule has 8 heteroatoms. The lowest BCUT2D eigenvalue weighted by Crippen LogP contribution is -2.60. The Labute approximate surface area is 145 Å². The van der Waals surface area contributed by atoms with Gasteiger partial charge in [0.25, 0.3) is 0 Å². The van der Waals surface area contributed by atoms with Crippen LogP contribution in [0.2, 0.25) is 0 Å². The van der Waals surface area contributed by atoms with Crippen LogP contribution in [0, 0.1) is 25.2 Å². The Balaban J connectivity index is 1.43. The van der Waals surface area contributed by atoms with E-state index in [1.807, 2.05) is 17.9 Å². The molecule has 2 fully saturated rings.